The number of hydrogen-bond donors (Lipinski definition) is 0. The van der Waals surface area contributed by atoms with Gasteiger partial charge in [0.25, 0.3) is 5.56 Å². The first-order valence-electron chi connectivity index (χ1n) is 4.76. The molecule has 0 saturated heterocycles. The number of benzene rings is 1. The van der Waals surface area contributed by atoms with Crippen LogP contribution in [0.1, 0.15) is 5.56 Å². The van der Waals surface area contributed by atoms with Gasteiger partial charge in [0.05, 0.1) is 10.1 Å². The van der Waals surface area contributed by atoms with E-state index in [4.69, 9.17) is 0 Å². The zero-order valence-electron chi connectivity index (χ0n) is 8.36. The van der Waals surface area contributed by atoms with Crippen LogP contribution >= 0.6 is 38.5 Å². The fourth-order valence-electron chi connectivity index (χ4n) is 1.46. The Balaban J connectivity index is 2.34. The quantitative estimate of drug-likeness (QED) is 0.722. The number of aromatic nitrogens is 1. The van der Waals surface area contributed by atoms with Gasteiger partial charge in [-0.2, -0.15) is 0 Å². The molecule has 0 amide bonds. The van der Waals surface area contributed by atoms with Crippen molar-refractivity contribution in [2.45, 2.75) is 6.54 Å². The summed E-state index contributed by atoms with van der Waals surface area (Å²) in [4.78, 5) is 11.8. The molecule has 2 nitrogen and oxygen atoms in total. The topological polar surface area (TPSA) is 22.0 Å². The van der Waals surface area contributed by atoms with Crippen LogP contribution in [0.25, 0.3) is 0 Å². The van der Waals surface area contributed by atoms with Gasteiger partial charge in [-0.1, -0.05) is 28.1 Å². The zero-order chi connectivity index (χ0) is 11.5. The molecule has 1 aromatic heterocycles. The number of halogens is 2. The Hall–Kier alpha value is -0.620. The first-order chi connectivity index (χ1) is 7.66. The van der Waals surface area contributed by atoms with Crippen LogP contribution < -0.4 is 5.56 Å². The summed E-state index contributed by atoms with van der Waals surface area (Å²) in [6.45, 7) is 0.606. The normalized spacial score (nSPS) is 10.4. The molecule has 16 heavy (non-hydrogen) atoms. The van der Waals surface area contributed by atoms with Gasteiger partial charge in [-0.05, 0) is 52.4 Å². The van der Waals surface area contributed by atoms with Crippen molar-refractivity contribution >= 4 is 38.5 Å². The van der Waals surface area contributed by atoms with E-state index in [1.165, 1.54) is 0 Å². The van der Waals surface area contributed by atoms with Gasteiger partial charge < -0.3 is 4.57 Å². The summed E-state index contributed by atoms with van der Waals surface area (Å²) in [6.07, 6.45) is 1.81. The predicted molar refractivity (Wildman–Crippen MR) is 76.7 cm³/mol. The minimum Gasteiger partial charge on any atom is -0.310 e. The van der Waals surface area contributed by atoms with E-state index < -0.39 is 0 Å². The Morgan fingerprint density at radius 1 is 1.25 bits per heavy atom. The molecule has 0 radical (unpaired) electrons. The summed E-state index contributed by atoms with van der Waals surface area (Å²) in [7, 11) is 0. The van der Waals surface area contributed by atoms with Crippen molar-refractivity contribution in [3.63, 3.8) is 0 Å². The van der Waals surface area contributed by atoms with Crippen molar-refractivity contribution in [2.75, 3.05) is 0 Å². The van der Waals surface area contributed by atoms with Crippen molar-refractivity contribution in [1.82, 2.24) is 4.57 Å². The van der Waals surface area contributed by atoms with E-state index >= 15 is 0 Å². The summed E-state index contributed by atoms with van der Waals surface area (Å²) < 4.78 is 3.49. The highest BCUT2D eigenvalue weighted by atomic mass is 127. The second kappa shape index (κ2) is 5.14. The molecule has 2 aromatic rings. The van der Waals surface area contributed by atoms with Crippen molar-refractivity contribution < 1.29 is 0 Å². The molecule has 0 aliphatic carbocycles. The van der Waals surface area contributed by atoms with E-state index in [2.05, 4.69) is 38.5 Å². The Morgan fingerprint density at radius 2 is 2.06 bits per heavy atom. The second-order valence-corrected chi connectivity index (χ2v) is 5.50. The van der Waals surface area contributed by atoms with Crippen molar-refractivity contribution in [1.29, 1.82) is 0 Å². The summed E-state index contributed by atoms with van der Waals surface area (Å²) in [5.41, 5.74) is 1.17. The van der Waals surface area contributed by atoms with E-state index in [0.717, 1.165) is 13.6 Å². The predicted octanol–water partition coefficient (Wildman–Crippen LogP) is 3.26. The summed E-state index contributed by atoms with van der Waals surface area (Å²) >= 11 is 5.48. The molecule has 0 bridgehead atoms. The van der Waals surface area contributed by atoms with Gasteiger partial charge >= 0.3 is 0 Å². The number of hydrogen-bond acceptors (Lipinski definition) is 1. The third-order valence-corrected chi connectivity index (χ3v) is 3.53. The van der Waals surface area contributed by atoms with Crippen molar-refractivity contribution in [3.05, 3.63) is 66.6 Å². The van der Waals surface area contributed by atoms with E-state index in [0.29, 0.717) is 6.54 Å². The standard InChI is InChI=1S/C12H9BrINO/c13-10-4-1-3-9(7-10)8-15-6-2-5-11(14)12(15)16/h1-7H,8H2. The maximum atomic E-state index is 11.8. The molecule has 0 atom stereocenters. The van der Waals surface area contributed by atoms with Crippen molar-refractivity contribution in [3.8, 4) is 0 Å². The van der Waals surface area contributed by atoms with Crippen LogP contribution in [-0.2, 0) is 6.54 Å². The summed E-state index contributed by atoms with van der Waals surface area (Å²) in [5.74, 6) is 0. The highest BCUT2D eigenvalue weighted by Crippen LogP contribution is 2.12. The molecular weight excluding hydrogens is 381 g/mol. The minimum atomic E-state index is 0.0584. The smallest absolute Gasteiger partial charge is 0.264 e. The van der Waals surface area contributed by atoms with E-state index in [1.54, 1.807) is 4.57 Å². The van der Waals surface area contributed by atoms with Crippen LogP contribution in [0.3, 0.4) is 0 Å². The van der Waals surface area contributed by atoms with Gasteiger partial charge in [-0.15, -0.1) is 0 Å². The van der Waals surface area contributed by atoms with Crippen molar-refractivity contribution in [2.24, 2.45) is 0 Å². The lowest BCUT2D eigenvalue weighted by atomic mass is 10.2. The highest BCUT2D eigenvalue weighted by molar-refractivity contribution is 14.1. The van der Waals surface area contributed by atoms with Gasteiger partial charge in [0, 0.05) is 10.7 Å². The van der Waals surface area contributed by atoms with Crippen LogP contribution in [0, 0.1) is 3.57 Å². The molecule has 0 unspecified atom stereocenters. The molecule has 0 fully saturated rings. The molecule has 1 heterocycles. The van der Waals surface area contributed by atoms with Crippen LogP contribution in [-0.4, -0.2) is 4.57 Å². The fraction of sp³-hybridized carbons (Fsp3) is 0.0833. The first-order valence-corrected chi connectivity index (χ1v) is 6.63. The van der Waals surface area contributed by atoms with Gasteiger partial charge in [0.15, 0.2) is 0 Å². The third-order valence-electron chi connectivity index (χ3n) is 2.22. The second-order valence-electron chi connectivity index (χ2n) is 3.42. The molecule has 4 heteroatoms. The van der Waals surface area contributed by atoms with Crippen LogP contribution in [0.15, 0.2) is 51.9 Å². The lowest BCUT2D eigenvalue weighted by Gasteiger charge is -2.06. The van der Waals surface area contributed by atoms with Crippen LogP contribution in [0.5, 0.6) is 0 Å². The minimum absolute atomic E-state index is 0.0584. The summed E-state index contributed by atoms with van der Waals surface area (Å²) in [6, 6.07) is 11.7. The largest absolute Gasteiger partial charge is 0.310 e. The first kappa shape index (κ1) is 11.9. The van der Waals surface area contributed by atoms with Crippen LogP contribution in [0.2, 0.25) is 0 Å². The summed E-state index contributed by atoms with van der Waals surface area (Å²) in [5, 5.41) is 0. The fourth-order valence-corrected chi connectivity index (χ4v) is 2.43. The molecular formula is C12H9BrINO. The number of rotatable bonds is 2. The Kier molecular flexibility index (Phi) is 3.81. The maximum absolute atomic E-state index is 11.8. The monoisotopic (exact) mass is 389 g/mol. The molecule has 82 valence electrons. The third kappa shape index (κ3) is 2.74. The Bertz CT molecular complexity index is 565. The van der Waals surface area contributed by atoms with E-state index in [9.17, 15) is 4.79 Å². The zero-order valence-corrected chi connectivity index (χ0v) is 12.1. The Labute approximate surface area is 116 Å². The molecule has 0 N–H and O–H groups in total. The molecule has 0 spiro atoms. The molecule has 0 saturated carbocycles. The highest BCUT2D eigenvalue weighted by Gasteiger charge is 2.01. The average Bonchev–Trinajstić information content (AvgIpc) is 2.25. The molecule has 2 rings (SSSR count). The number of nitrogens with zero attached hydrogens (tertiary/aromatic N) is 1. The molecule has 0 aliphatic heterocycles. The SMILES string of the molecule is O=c1c(I)cccn1Cc1cccc(Br)c1. The van der Waals surface area contributed by atoms with Gasteiger partial charge in [-0.3, -0.25) is 4.79 Å². The average molecular weight is 390 g/mol. The lowest BCUT2D eigenvalue weighted by molar-refractivity contribution is 0.754. The van der Waals surface area contributed by atoms with E-state index in [-0.39, 0.29) is 5.56 Å². The number of pyridine rings is 1. The molecule has 0 aliphatic rings. The van der Waals surface area contributed by atoms with Gasteiger partial charge in [0.2, 0.25) is 0 Å². The van der Waals surface area contributed by atoms with Gasteiger partial charge in [-0.25, -0.2) is 0 Å². The molecule has 1 aromatic carbocycles. The van der Waals surface area contributed by atoms with Crippen LogP contribution in [0.4, 0.5) is 0 Å². The lowest BCUT2D eigenvalue weighted by Crippen LogP contribution is -2.21. The maximum Gasteiger partial charge on any atom is 0.264 e. The van der Waals surface area contributed by atoms with E-state index in [1.807, 2.05) is 42.6 Å². The Morgan fingerprint density at radius 3 is 2.81 bits per heavy atom. The van der Waals surface area contributed by atoms with Gasteiger partial charge in [0.1, 0.15) is 0 Å².